The molecule has 1 aromatic rings. The van der Waals surface area contributed by atoms with E-state index < -0.39 is 15.9 Å². The van der Waals surface area contributed by atoms with Crippen molar-refractivity contribution in [3.63, 3.8) is 0 Å². The predicted octanol–water partition coefficient (Wildman–Crippen LogP) is 2.37. The molecular weight excluding hydrogens is 361 g/mol. The van der Waals surface area contributed by atoms with Crippen molar-refractivity contribution < 1.29 is 13.2 Å². The molecule has 1 fully saturated rings. The molecule has 0 saturated carbocycles. The van der Waals surface area contributed by atoms with Crippen LogP contribution in [0.1, 0.15) is 23.2 Å². The molecule has 0 atom stereocenters. The number of halogens is 2. The standard InChI is InChI=1S/C14H13Cl2N3O3S/c15-13(16)12(9-17)18-14(20)10-3-5-11(6-4-10)23(21,22)19-7-1-2-8-19/h3-6H,1-2,7-8H2,(H,18,20). The SMILES string of the molecule is N#CC(NC(=O)c1ccc(S(=O)(=O)N2CCCC2)cc1)=C(Cl)Cl. The van der Waals surface area contributed by atoms with Gasteiger partial charge >= 0.3 is 0 Å². The highest BCUT2D eigenvalue weighted by Gasteiger charge is 2.27. The fourth-order valence-electron chi connectivity index (χ4n) is 2.16. The normalized spacial score (nSPS) is 15.0. The Balaban J connectivity index is 2.18. The van der Waals surface area contributed by atoms with Crippen LogP contribution < -0.4 is 5.32 Å². The molecule has 0 bridgehead atoms. The van der Waals surface area contributed by atoms with Crippen molar-refractivity contribution >= 4 is 39.1 Å². The third-order valence-corrected chi connectivity index (χ3v) is 5.65. The Morgan fingerprint density at radius 3 is 2.22 bits per heavy atom. The molecule has 1 saturated heterocycles. The lowest BCUT2D eigenvalue weighted by atomic mass is 10.2. The van der Waals surface area contributed by atoms with E-state index in [-0.39, 0.29) is 20.6 Å². The molecule has 0 radical (unpaired) electrons. The van der Waals surface area contributed by atoms with Crippen molar-refractivity contribution in [3.8, 4) is 6.07 Å². The largest absolute Gasteiger partial charge is 0.311 e. The van der Waals surface area contributed by atoms with Gasteiger partial charge in [-0.2, -0.15) is 9.57 Å². The van der Waals surface area contributed by atoms with Crippen molar-refractivity contribution in [3.05, 3.63) is 40.0 Å². The summed E-state index contributed by atoms with van der Waals surface area (Å²) in [5, 5.41) is 11.0. The fraction of sp³-hybridized carbons (Fsp3) is 0.286. The van der Waals surface area contributed by atoms with E-state index >= 15 is 0 Å². The van der Waals surface area contributed by atoms with Crippen LogP contribution in [0.5, 0.6) is 0 Å². The Morgan fingerprint density at radius 2 is 1.74 bits per heavy atom. The third kappa shape index (κ3) is 4.03. The zero-order valence-corrected chi connectivity index (χ0v) is 14.2. The highest BCUT2D eigenvalue weighted by atomic mass is 35.5. The lowest BCUT2D eigenvalue weighted by Crippen LogP contribution is -2.28. The summed E-state index contributed by atoms with van der Waals surface area (Å²) in [5.74, 6) is -0.606. The molecule has 6 nitrogen and oxygen atoms in total. The van der Waals surface area contributed by atoms with Crippen LogP contribution in [0, 0.1) is 11.3 Å². The quantitative estimate of drug-likeness (QED) is 0.820. The summed E-state index contributed by atoms with van der Waals surface area (Å²) in [6.07, 6.45) is 1.70. The number of nitrogens with one attached hydrogen (secondary N) is 1. The maximum absolute atomic E-state index is 12.4. The van der Waals surface area contributed by atoms with Crippen LogP contribution >= 0.6 is 23.2 Å². The average Bonchev–Trinajstić information content (AvgIpc) is 3.07. The molecule has 122 valence electrons. The number of carbonyl (C=O) groups is 1. The Labute approximate surface area is 144 Å². The summed E-state index contributed by atoms with van der Waals surface area (Å²) in [7, 11) is -3.52. The minimum absolute atomic E-state index is 0.127. The zero-order chi connectivity index (χ0) is 17.0. The number of hydrogen-bond donors (Lipinski definition) is 1. The molecule has 1 aromatic carbocycles. The van der Waals surface area contributed by atoms with E-state index in [1.807, 2.05) is 0 Å². The van der Waals surface area contributed by atoms with Gasteiger partial charge in [-0.25, -0.2) is 8.42 Å². The zero-order valence-electron chi connectivity index (χ0n) is 11.9. The summed E-state index contributed by atoms with van der Waals surface area (Å²) < 4.78 is 25.8. The Bertz CT molecular complexity index is 772. The summed E-state index contributed by atoms with van der Waals surface area (Å²) in [6.45, 7) is 1.02. The second-order valence-electron chi connectivity index (χ2n) is 4.84. The molecule has 0 spiro atoms. The fourth-order valence-corrected chi connectivity index (χ4v) is 3.86. The molecule has 0 aliphatic carbocycles. The van der Waals surface area contributed by atoms with E-state index in [4.69, 9.17) is 28.5 Å². The maximum atomic E-state index is 12.4. The molecule has 1 aliphatic rings. The van der Waals surface area contributed by atoms with Gasteiger partial charge in [0, 0.05) is 18.7 Å². The van der Waals surface area contributed by atoms with Crippen LogP contribution in [0.25, 0.3) is 0 Å². The lowest BCUT2D eigenvalue weighted by Gasteiger charge is -2.15. The number of hydrogen-bond acceptors (Lipinski definition) is 4. The number of carbonyl (C=O) groups excluding carboxylic acids is 1. The van der Waals surface area contributed by atoms with Gasteiger partial charge < -0.3 is 5.32 Å². The first-order valence-electron chi connectivity index (χ1n) is 6.73. The molecule has 9 heteroatoms. The number of nitrogens with zero attached hydrogens (tertiary/aromatic N) is 2. The predicted molar refractivity (Wildman–Crippen MR) is 86.2 cm³/mol. The van der Waals surface area contributed by atoms with Crippen molar-refractivity contribution in [2.75, 3.05) is 13.1 Å². The molecule has 1 aliphatic heterocycles. The molecule has 23 heavy (non-hydrogen) atoms. The Hall–Kier alpha value is -1.59. The molecule has 0 unspecified atom stereocenters. The highest BCUT2D eigenvalue weighted by Crippen LogP contribution is 2.21. The summed E-state index contributed by atoms with van der Waals surface area (Å²) in [6, 6.07) is 7.12. The molecule has 2 rings (SSSR count). The maximum Gasteiger partial charge on any atom is 0.256 e. The van der Waals surface area contributed by atoms with E-state index in [1.54, 1.807) is 6.07 Å². The average molecular weight is 374 g/mol. The van der Waals surface area contributed by atoms with Gasteiger partial charge in [-0.3, -0.25) is 4.79 Å². The molecule has 1 amide bonds. The second-order valence-corrected chi connectivity index (χ2v) is 7.72. The van der Waals surface area contributed by atoms with Crippen LogP contribution in [0.3, 0.4) is 0 Å². The first-order valence-corrected chi connectivity index (χ1v) is 8.93. The van der Waals surface area contributed by atoms with Crippen molar-refractivity contribution in [1.29, 1.82) is 5.26 Å². The monoisotopic (exact) mass is 373 g/mol. The summed E-state index contributed by atoms with van der Waals surface area (Å²) >= 11 is 10.9. The number of sulfonamides is 1. The first-order chi connectivity index (χ1) is 10.9. The van der Waals surface area contributed by atoms with Gasteiger partial charge in [-0.15, -0.1) is 0 Å². The van der Waals surface area contributed by atoms with Gasteiger partial charge in [0.2, 0.25) is 10.0 Å². The van der Waals surface area contributed by atoms with Crippen molar-refractivity contribution in [2.24, 2.45) is 0 Å². The van der Waals surface area contributed by atoms with E-state index in [1.165, 1.54) is 28.6 Å². The summed E-state index contributed by atoms with van der Waals surface area (Å²) in [5.41, 5.74) is -0.0835. The van der Waals surface area contributed by atoms with E-state index in [9.17, 15) is 13.2 Å². The van der Waals surface area contributed by atoms with Crippen molar-refractivity contribution in [2.45, 2.75) is 17.7 Å². The lowest BCUT2D eigenvalue weighted by molar-refractivity contribution is 0.0967. The number of amides is 1. The van der Waals surface area contributed by atoms with Gasteiger partial charge in [0.15, 0.2) is 5.70 Å². The number of allylic oxidation sites excluding steroid dienone is 1. The smallest absolute Gasteiger partial charge is 0.256 e. The van der Waals surface area contributed by atoms with Gasteiger partial charge in [0.05, 0.1) is 4.90 Å². The van der Waals surface area contributed by atoms with Crippen LogP contribution in [0.4, 0.5) is 0 Å². The minimum atomic E-state index is -3.52. The van der Waals surface area contributed by atoms with Gasteiger partial charge in [0.1, 0.15) is 10.6 Å². The van der Waals surface area contributed by atoms with E-state index in [2.05, 4.69) is 5.32 Å². The topological polar surface area (TPSA) is 90.3 Å². The van der Waals surface area contributed by atoms with Crippen LogP contribution in [0.15, 0.2) is 39.3 Å². The molecular formula is C14H13Cl2N3O3S. The summed E-state index contributed by atoms with van der Waals surface area (Å²) in [4.78, 5) is 12.1. The molecule has 1 heterocycles. The Morgan fingerprint density at radius 1 is 1.17 bits per heavy atom. The van der Waals surface area contributed by atoms with Crippen LogP contribution in [-0.4, -0.2) is 31.7 Å². The van der Waals surface area contributed by atoms with Gasteiger partial charge in [0.25, 0.3) is 5.91 Å². The second kappa shape index (κ2) is 7.32. The number of benzene rings is 1. The minimum Gasteiger partial charge on any atom is -0.311 e. The first kappa shape index (κ1) is 17.8. The molecule has 1 N–H and O–H groups in total. The molecule has 0 aromatic heterocycles. The van der Waals surface area contributed by atoms with E-state index in [0.29, 0.717) is 13.1 Å². The van der Waals surface area contributed by atoms with Crippen LogP contribution in [0.2, 0.25) is 0 Å². The third-order valence-electron chi connectivity index (χ3n) is 3.36. The number of rotatable bonds is 4. The number of nitriles is 1. The van der Waals surface area contributed by atoms with Crippen molar-refractivity contribution in [1.82, 2.24) is 9.62 Å². The van der Waals surface area contributed by atoms with Gasteiger partial charge in [-0.05, 0) is 37.1 Å². The Kier molecular flexibility index (Phi) is 5.65. The van der Waals surface area contributed by atoms with Crippen LogP contribution in [-0.2, 0) is 10.0 Å². The van der Waals surface area contributed by atoms with E-state index in [0.717, 1.165) is 12.8 Å². The van der Waals surface area contributed by atoms with Gasteiger partial charge in [-0.1, -0.05) is 23.2 Å². The highest BCUT2D eigenvalue weighted by molar-refractivity contribution is 7.89.